The van der Waals surface area contributed by atoms with Crippen LogP contribution in [0.1, 0.15) is 25.5 Å². The summed E-state index contributed by atoms with van der Waals surface area (Å²) >= 11 is 0. The van der Waals surface area contributed by atoms with Crippen LogP contribution in [0.2, 0.25) is 0 Å². The predicted molar refractivity (Wildman–Crippen MR) is 63.5 cm³/mol. The third-order valence-corrected chi connectivity index (χ3v) is 2.69. The van der Waals surface area contributed by atoms with Crippen LogP contribution in [-0.4, -0.2) is 12.1 Å². The molecule has 0 saturated heterocycles. The van der Waals surface area contributed by atoms with E-state index in [1.165, 1.54) is 23.9 Å². The molecule has 0 aliphatic carbocycles. The molecule has 0 aliphatic heterocycles. The molecule has 0 saturated carbocycles. The van der Waals surface area contributed by atoms with Crippen molar-refractivity contribution >= 4 is 10.9 Å². The second-order valence-electron chi connectivity index (χ2n) is 3.82. The molecular formula is C13H17NO. The second-order valence-corrected chi connectivity index (χ2v) is 3.82. The number of fused-ring (bicyclic) bond motifs is 1. The fourth-order valence-electron chi connectivity index (χ4n) is 1.86. The van der Waals surface area contributed by atoms with E-state index in [9.17, 15) is 0 Å². The summed E-state index contributed by atoms with van der Waals surface area (Å²) < 4.78 is 5.31. The fraction of sp³-hybridized carbons (Fsp3) is 0.385. The highest BCUT2D eigenvalue weighted by molar-refractivity contribution is 5.86. The minimum atomic E-state index is 0.926. The zero-order valence-corrected chi connectivity index (χ0v) is 9.34. The Morgan fingerprint density at radius 1 is 1.33 bits per heavy atom. The lowest BCUT2D eigenvalue weighted by molar-refractivity contribution is 0.419. The molecule has 1 N–H and O–H groups in total. The van der Waals surface area contributed by atoms with Gasteiger partial charge in [0.25, 0.3) is 0 Å². The Hall–Kier alpha value is -1.44. The summed E-state index contributed by atoms with van der Waals surface area (Å²) in [5.74, 6) is 0.926. The van der Waals surface area contributed by atoms with Gasteiger partial charge in [-0.25, -0.2) is 0 Å². The number of aromatic amines is 1. The van der Waals surface area contributed by atoms with Crippen LogP contribution >= 0.6 is 0 Å². The summed E-state index contributed by atoms with van der Waals surface area (Å²) in [7, 11) is 1.71. The van der Waals surface area contributed by atoms with Gasteiger partial charge in [-0.15, -0.1) is 0 Å². The normalized spacial score (nSPS) is 10.8. The Morgan fingerprint density at radius 2 is 2.20 bits per heavy atom. The molecule has 2 aromatic rings. The van der Waals surface area contributed by atoms with Gasteiger partial charge in [0.05, 0.1) is 12.6 Å². The number of hydrogen-bond donors (Lipinski definition) is 1. The van der Waals surface area contributed by atoms with Crippen LogP contribution in [0.3, 0.4) is 0 Å². The SMILES string of the molecule is CCCCc1cc2cccc(OC)c2[nH]1. The molecular weight excluding hydrogens is 186 g/mol. The van der Waals surface area contributed by atoms with Crippen molar-refractivity contribution in [2.45, 2.75) is 26.2 Å². The van der Waals surface area contributed by atoms with E-state index < -0.39 is 0 Å². The third-order valence-electron chi connectivity index (χ3n) is 2.69. The zero-order valence-electron chi connectivity index (χ0n) is 9.34. The van der Waals surface area contributed by atoms with Crippen molar-refractivity contribution in [3.05, 3.63) is 30.0 Å². The van der Waals surface area contributed by atoms with Crippen LogP contribution in [0.15, 0.2) is 24.3 Å². The van der Waals surface area contributed by atoms with Crippen LogP contribution in [0.4, 0.5) is 0 Å². The van der Waals surface area contributed by atoms with Crippen LogP contribution in [0.5, 0.6) is 5.75 Å². The smallest absolute Gasteiger partial charge is 0.142 e. The molecule has 1 heterocycles. The number of benzene rings is 1. The van der Waals surface area contributed by atoms with E-state index in [1.54, 1.807) is 7.11 Å². The van der Waals surface area contributed by atoms with E-state index >= 15 is 0 Å². The number of ether oxygens (including phenoxy) is 1. The van der Waals surface area contributed by atoms with E-state index in [-0.39, 0.29) is 0 Å². The first-order valence-corrected chi connectivity index (χ1v) is 5.49. The molecule has 0 unspecified atom stereocenters. The monoisotopic (exact) mass is 203 g/mol. The van der Waals surface area contributed by atoms with Crippen LogP contribution in [-0.2, 0) is 6.42 Å². The number of methoxy groups -OCH3 is 1. The molecule has 0 amide bonds. The number of hydrogen-bond acceptors (Lipinski definition) is 1. The predicted octanol–water partition coefficient (Wildman–Crippen LogP) is 3.52. The quantitative estimate of drug-likeness (QED) is 0.808. The number of nitrogens with one attached hydrogen (secondary N) is 1. The highest BCUT2D eigenvalue weighted by Gasteiger charge is 2.04. The molecule has 1 aromatic carbocycles. The minimum absolute atomic E-state index is 0.926. The summed E-state index contributed by atoms with van der Waals surface area (Å²) in [4.78, 5) is 3.42. The van der Waals surface area contributed by atoms with Crippen LogP contribution in [0, 0.1) is 0 Å². The molecule has 0 atom stereocenters. The molecule has 0 bridgehead atoms. The van der Waals surface area contributed by atoms with Crippen molar-refractivity contribution in [1.29, 1.82) is 0 Å². The lowest BCUT2D eigenvalue weighted by Gasteiger charge is -2.00. The summed E-state index contributed by atoms with van der Waals surface area (Å²) in [5.41, 5.74) is 2.42. The van der Waals surface area contributed by atoms with Crippen LogP contribution < -0.4 is 4.74 Å². The van der Waals surface area contributed by atoms with Crippen molar-refractivity contribution in [3.63, 3.8) is 0 Å². The first-order valence-electron chi connectivity index (χ1n) is 5.49. The average molecular weight is 203 g/mol. The molecule has 2 rings (SSSR count). The molecule has 0 fully saturated rings. The summed E-state index contributed by atoms with van der Waals surface area (Å²) in [5, 5.41) is 1.24. The van der Waals surface area contributed by atoms with Crippen LogP contribution in [0.25, 0.3) is 10.9 Å². The third kappa shape index (κ3) is 1.99. The van der Waals surface area contributed by atoms with E-state index in [2.05, 4.69) is 24.0 Å². The highest BCUT2D eigenvalue weighted by atomic mass is 16.5. The fourth-order valence-corrected chi connectivity index (χ4v) is 1.86. The first-order chi connectivity index (χ1) is 7.35. The molecule has 0 radical (unpaired) electrons. The van der Waals surface area contributed by atoms with Crippen molar-refractivity contribution in [2.75, 3.05) is 7.11 Å². The van der Waals surface area contributed by atoms with Gasteiger partial charge >= 0.3 is 0 Å². The average Bonchev–Trinajstić information content (AvgIpc) is 2.68. The molecule has 0 aliphatic rings. The Morgan fingerprint density at radius 3 is 2.93 bits per heavy atom. The molecule has 80 valence electrons. The number of unbranched alkanes of at least 4 members (excludes halogenated alkanes) is 1. The zero-order chi connectivity index (χ0) is 10.7. The van der Waals surface area contributed by atoms with E-state index in [1.807, 2.05) is 12.1 Å². The lowest BCUT2D eigenvalue weighted by Crippen LogP contribution is -1.85. The molecule has 1 aromatic heterocycles. The van der Waals surface area contributed by atoms with Crippen molar-refractivity contribution in [2.24, 2.45) is 0 Å². The lowest BCUT2D eigenvalue weighted by atomic mass is 10.2. The van der Waals surface area contributed by atoms with Gasteiger partial charge in [0, 0.05) is 11.1 Å². The minimum Gasteiger partial charge on any atom is -0.495 e. The first kappa shape index (κ1) is 10.1. The maximum atomic E-state index is 5.31. The van der Waals surface area contributed by atoms with E-state index in [4.69, 9.17) is 4.74 Å². The summed E-state index contributed by atoms with van der Waals surface area (Å²) in [6, 6.07) is 8.35. The highest BCUT2D eigenvalue weighted by Crippen LogP contribution is 2.25. The Kier molecular flexibility index (Phi) is 2.95. The van der Waals surface area contributed by atoms with Gasteiger partial charge in [-0.3, -0.25) is 0 Å². The number of aromatic nitrogens is 1. The van der Waals surface area contributed by atoms with E-state index in [0.29, 0.717) is 0 Å². The maximum Gasteiger partial charge on any atom is 0.142 e. The number of para-hydroxylation sites is 1. The molecule has 15 heavy (non-hydrogen) atoms. The second kappa shape index (κ2) is 4.39. The summed E-state index contributed by atoms with van der Waals surface area (Å²) in [6.45, 7) is 2.21. The Balaban J connectivity index is 2.37. The Bertz CT molecular complexity index is 445. The number of rotatable bonds is 4. The van der Waals surface area contributed by atoms with Gasteiger partial charge in [-0.1, -0.05) is 25.5 Å². The topological polar surface area (TPSA) is 25.0 Å². The molecule has 2 heteroatoms. The number of H-pyrrole nitrogens is 1. The van der Waals surface area contributed by atoms with Crippen molar-refractivity contribution < 1.29 is 4.74 Å². The maximum absolute atomic E-state index is 5.31. The van der Waals surface area contributed by atoms with Gasteiger partial charge in [0.15, 0.2) is 0 Å². The van der Waals surface area contributed by atoms with Crippen molar-refractivity contribution in [1.82, 2.24) is 4.98 Å². The van der Waals surface area contributed by atoms with E-state index in [0.717, 1.165) is 17.7 Å². The Labute approximate surface area is 90.3 Å². The standard InChI is InChI=1S/C13H17NO/c1-3-4-7-11-9-10-6-5-8-12(15-2)13(10)14-11/h5-6,8-9,14H,3-4,7H2,1-2H3. The molecule has 0 spiro atoms. The largest absolute Gasteiger partial charge is 0.495 e. The van der Waals surface area contributed by atoms with Gasteiger partial charge in [0.2, 0.25) is 0 Å². The van der Waals surface area contributed by atoms with Gasteiger partial charge in [-0.2, -0.15) is 0 Å². The van der Waals surface area contributed by atoms with Crippen molar-refractivity contribution in [3.8, 4) is 5.75 Å². The summed E-state index contributed by atoms with van der Waals surface area (Å²) in [6.07, 6.45) is 3.58. The van der Waals surface area contributed by atoms with Gasteiger partial charge in [0.1, 0.15) is 5.75 Å². The van der Waals surface area contributed by atoms with Gasteiger partial charge < -0.3 is 9.72 Å². The van der Waals surface area contributed by atoms with Gasteiger partial charge in [-0.05, 0) is 25.0 Å². The number of aryl methyl sites for hydroxylation is 1. The molecule has 2 nitrogen and oxygen atoms in total.